The van der Waals surface area contributed by atoms with E-state index >= 15 is 0 Å². The molecule has 37 heavy (non-hydrogen) atoms. The van der Waals surface area contributed by atoms with Crippen molar-refractivity contribution in [3.63, 3.8) is 0 Å². The molecule has 3 aromatic carbocycles. The van der Waals surface area contributed by atoms with E-state index in [1.165, 1.54) is 23.8 Å². The highest BCUT2D eigenvalue weighted by atomic mass is 32.2. The fraction of sp³-hybridized carbons (Fsp3) is 0.179. The van der Waals surface area contributed by atoms with E-state index in [9.17, 15) is 9.59 Å². The van der Waals surface area contributed by atoms with Crippen LogP contribution in [-0.2, 0) is 16.1 Å². The second-order valence-electron chi connectivity index (χ2n) is 7.91. The standard InChI is InChI=1S/C28H26N2O5S2/c1-3-34-22-12-10-21(11-13-22)30-27(32)25(37-28(30)36)16-20-9-14-23(24(15-20)33-2)35-18-26(31)29-17-19-7-5-4-6-8-19/h4-16H,3,17-18H2,1-2H3,(H,29,31)/b25-16-. The van der Waals surface area contributed by atoms with Crippen molar-refractivity contribution in [1.29, 1.82) is 0 Å². The predicted molar refractivity (Wildman–Crippen MR) is 150 cm³/mol. The van der Waals surface area contributed by atoms with Crippen LogP contribution in [-0.4, -0.2) is 36.5 Å². The Bertz CT molecular complexity index is 1310. The number of benzene rings is 3. The van der Waals surface area contributed by atoms with Crippen LogP contribution < -0.4 is 24.4 Å². The van der Waals surface area contributed by atoms with Crippen LogP contribution in [0.3, 0.4) is 0 Å². The van der Waals surface area contributed by atoms with Crippen LogP contribution in [0.25, 0.3) is 6.08 Å². The lowest BCUT2D eigenvalue weighted by Gasteiger charge is -2.15. The molecule has 2 amide bonds. The minimum Gasteiger partial charge on any atom is -0.494 e. The average Bonchev–Trinajstić information content (AvgIpc) is 3.20. The molecule has 0 aliphatic carbocycles. The van der Waals surface area contributed by atoms with Crippen molar-refractivity contribution < 1.29 is 23.8 Å². The molecular weight excluding hydrogens is 508 g/mol. The summed E-state index contributed by atoms with van der Waals surface area (Å²) in [6.07, 6.45) is 1.76. The molecule has 1 fully saturated rings. The third-order valence-corrected chi connectivity index (χ3v) is 6.68. The number of nitrogens with zero attached hydrogens (tertiary/aromatic N) is 1. The Morgan fingerprint density at radius 3 is 2.49 bits per heavy atom. The first kappa shape index (κ1) is 26.2. The first-order valence-corrected chi connectivity index (χ1v) is 12.8. The van der Waals surface area contributed by atoms with Crippen LogP contribution in [0.1, 0.15) is 18.1 Å². The van der Waals surface area contributed by atoms with Gasteiger partial charge in [0, 0.05) is 6.54 Å². The van der Waals surface area contributed by atoms with Gasteiger partial charge in [0.1, 0.15) is 5.75 Å². The van der Waals surface area contributed by atoms with Crippen molar-refractivity contribution >= 4 is 51.9 Å². The Hall–Kier alpha value is -3.82. The van der Waals surface area contributed by atoms with E-state index in [1.807, 2.05) is 61.5 Å². The fourth-order valence-corrected chi connectivity index (χ4v) is 4.88. The van der Waals surface area contributed by atoms with E-state index in [4.69, 9.17) is 26.4 Å². The first-order chi connectivity index (χ1) is 18.0. The predicted octanol–water partition coefficient (Wildman–Crippen LogP) is 5.19. The molecule has 0 radical (unpaired) electrons. The molecule has 1 saturated heterocycles. The van der Waals surface area contributed by atoms with Crippen LogP contribution in [0.4, 0.5) is 5.69 Å². The summed E-state index contributed by atoms with van der Waals surface area (Å²) in [6.45, 7) is 2.76. The molecule has 1 N–H and O–H groups in total. The lowest BCUT2D eigenvalue weighted by molar-refractivity contribution is -0.123. The van der Waals surface area contributed by atoms with Gasteiger partial charge in [-0.05, 0) is 60.5 Å². The third kappa shape index (κ3) is 6.69. The van der Waals surface area contributed by atoms with Gasteiger partial charge in [-0.25, -0.2) is 0 Å². The van der Waals surface area contributed by atoms with Gasteiger partial charge in [-0.2, -0.15) is 0 Å². The number of nitrogens with one attached hydrogen (secondary N) is 1. The SMILES string of the molecule is CCOc1ccc(N2C(=O)/C(=C/c3ccc(OCC(=O)NCc4ccccc4)c(OC)c3)SC2=S)cc1. The molecule has 0 atom stereocenters. The van der Waals surface area contributed by atoms with Crippen LogP contribution in [0, 0.1) is 0 Å². The number of rotatable bonds is 10. The Morgan fingerprint density at radius 1 is 1.03 bits per heavy atom. The third-order valence-electron chi connectivity index (χ3n) is 5.38. The van der Waals surface area contributed by atoms with Crippen molar-refractivity contribution in [2.45, 2.75) is 13.5 Å². The molecule has 0 bridgehead atoms. The summed E-state index contributed by atoms with van der Waals surface area (Å²) in [5, 5.41) is 2.82. The normalized spacial score (nSPS) is 14.1. The number of anilines is 1. The summed E-state index contributed by atoms with van der Waals surface area (Å²) in [5.41, 5.74) is 2.43. The van der Waals surface area contributed by atoms with Gasteiger partial charge in [0.2, 0.25) is 0 Å². The topological polar surface area (TPSA) is 77.1 Å². The number of thiocarbonyl (C=S) groups is 1. The van der Waals surface area contributed by atoms with E-state index in [-0.39, 0.29) is 18.4 Å². The molecule has 0 spiro atoms. The summed E-state index contributed by atoms with van der Waals surface area (Å²) in [7, 11) is 1.52. The molecule has 9 heteroatoms. The van der Waals surface area contributed by atoms with Crippen molar-refractivity contribution in [3.8, 4) is 17.2 Å². The van der Waals surface area contributed by atoms with Gasteiger partial charge >= 0.3 is 0 Å². The van der Waals surface area contributed by atoms with Crippen molar-refractivity contribution in [2.75, 3.05) is 25.2 Å². The van der Waals surface area contributed by atoms with Gasteiger partial charge in [-0.1, -0.05) is 60.4 Å². The number of hydrogen-bond donors (Lipinski definition) is 1. The van der Waals surface area contributed by atoms with E-state index in [2.05, 4.69) is 5.32 Å². The minimum absolute atomic E-state index is 0.150. The zero-order chi connectivity index (χ0) is 26.2. The molecule has 1 aliphatic rings. The van der Waals surface area contributed by atoms with E-state index < -0.39 is 0 Å². The van der Waals surface area contributed by atoms with Crippen molar-refractivity contribution in [2.24, 2.45) is 0 Å². The van der Waals surface area contributed by atoms with E-state index in [1.54, 1.807) is 24.3 Å². The Kier molecular flexibility index (Phi) is 8.81. The Balaban J connectivity index is 1.40. The summed E-state index contributed by atoms with van der Waals surface area (Å²) >= 11 is 6.71. The van der Waals surface area contributed by atoms with Gasteiger partial charge in [0.05, 0.1) is 24.3 Å². The number of thioether (sulfide) groups is 1. The number of methoxy groups -OCH3 is 1. The molecule has 7 nitrogen and oxygen atoms in total. The minimum atomic E-state index is -0.243. The average molecular weight is 535 g/mol. The maximum Gasteiger partial charge on any atom is 0.270 e. The smallest absolute Gasteiger partial charge is 0.270 e. The summed E-state index contributed by atoms with van der Waals surface area (Å²) < 4.78 is 17.1. The van der Waals surface area contributed by atoms with Crippen molar-refractivity contribution in [3.05, 3.63) is 88.8 Å². The number of amides is 2. The lowest BCUT2D eigenvalue weighted by atomic mass is 10.1. The van der Waals surface area contributed by atoms with Crippen LogP contribution in [0.2, 0.25) is 0 Å². The highest BCUT2D eigenvalue weighted by molar-refractivity contribution is 8.27. The molecular formula is C28H26N2O5S2. The number of carbonyl (C=O) groups excluding carboxylic acids is 2. The zero-order valence-electron chi connectivity index (χ0n) is 20.4. The molecule has 4 rings (SSSR count). The van der Waals surface area contributed by atoms with Crippen LogP contribution in [0.15, 0.2) is 77.7 Å². The molecule has 0 saturated carbocycles. The fourth-order valence-electron chi connectivity index (χ4n) is 3.58. The van der Waals surface area contributed by atoms with Gasteiger partial charge in [0.25, 0.3) is 11.8 Å². The second-order valence-corrected chi connectivity index (χ2v) is 9.58. The van der Waals surface area contributed by atoms with E-state index in [0.717, 1.165) is 16.9 Å². The molecule has 3 aromatic rings. The van der Waals surface area contributed by atoms with Gasteiger partial charge < -0.3 is 19.5 Å². The largest absolute Gasteiger partial charge is 0.494 e. The quantitative estimate of drug-likeness (QED) is 0.283. The Morgan fingerprint density at radius 2 is 1.78 bits per heavy atom. The first-order valence-electron chi connectivity index (χ1n) is 11.6. The highest BCUT2D eigenvalue weighted by Gasteiger charge is 2.33. The molecule has 0 aromatic heterocycles. The van der Waals surface area contributed by atoms with Crippen LogP contribution in [0.5, 0.6) is 17.2 Å². The van der Waals surface area contributed by atoms with E-state index in [0.29, 0.717) is 39.6 Å². The molecule has 0 unspecified atom stereocenters. The van der Waals surface area contributed by atoms with Gasteiger partial charge in [0.15, 0.2) is 22.4 Å². The van der Waals surface area contributed by atoms with Gasteiger partial charge in [-0.15, -0.1) is 0 Å². The number of hydrogen-bond acceptors (Lipinski definition) is 7. The molecule has 1 heterocycles. The summed E-state index contributed by atoms with van der Waals surface area (Å²) in [6, 6.07) is 22.1. The monoisotopic (exact) mass is 534 g/mol. The zero-order valence-corrected chi connectivity index (χ0v) is 22.1. The maximum absolute atomic E-state index is 13.1. The molecule has 190 valence electrons. The summed E-state index contributed by atoms with van der Waals surface area (Å²) in [4.78, 5) is 27.3. The second kappa shape index (κ2) is 12.4. The molecule has 1 aliphatic heterocycles. The number of carbonyl (C=O) groups is 2. The Labute approximate surface area is 225 Å². The van der Waals surface area contributed by atoms with Gasteiger partial charge in [-0.3, -0.25) is 14.5 Å². The maximum atomic E-state index is 13.1. The van der Waals surface area contributed by atoms with Crippen LogP contribution >= 0.6 is 24.0 Å². The highest BCUT2D eigenvalue weighted by Crippen LogP contribution is 2.37. The van der Waals surface area contributed by atoms with Crippen molar-refractivity contribution in [1.82, 2.24) is 5.32 Å². The number of ether oxygens (including phenoxy) is 3. The lowest BCUT2D eigenvalue weighted by Crippen LogP contribution is -2.28. The summed E-state index contributed by atoms with van der Waals surface area (Å²) in [5.74, 6) is 1.17.